The van der Waals surface area contributed by atoms with Crippen LogP contribution in [0.3, 0.4) is 0 Å². The molecule has 4 heteroatoms. The van der Waals surface area contributed by atoms with Gasteiger partial charge in [-0.2, -0.15) is 0 Å². The lowest BCUT2D eigenvalue weighted by Crippen LogP contribution is -2.36. The Hall–Kier alpha value is 0.880. The van der Waals surface area contributed by atoms with Crippen molar-refractivity contribution in [3.05, 3.63) is 0 Å². The summed E-state index contributed by atoms with van der Waals surface area (Å²) in [4.78, 5) is 0. The minimum Gasteiger partial charge on any atom is -0.352 e. The zero-order valence-corrected chi connectivity index (χ0v) is 8.82. The van der Waals surface area contributed by atoms with Crippen molar-refractivity contribution in [2.45, 2.75) is 16.4 Å². The summed E-state index contributed by atoms with van der Waals surface area (Å²) >= 11 is 6.57. The molecule has 0 aromatic carbocycles. The molecule has 0 rings (SSSR count). The van der Waals surface area contributed by atoms with Crippen molar-refractivity contribution in [3.8, 4) is 0 Å². The van der Waals surface area contributed by atoms with Crippen molar-refractivity contribution in [1.82, 2.24) is 0 Å². The van der Waals surface area contributed by atoms with Crippen LogP contribution in [0.15, 0.2) is 0 Å². The number of methoxy groups -OCH3 is 2. The van der Waals surface area contributed by atoms with E-state index in [4.69, 9.17) is 9.47 Å². The molecule has 0 aliphatic carbocycles. The summed E-state index contributed by atoms with van der Waals surface area (Å²) in [5.41, 5.74) is 0. The van der Waals surface area contributed by atoms with Crippen LogP contribution in [0.4, 0.5) is 0 Å². The Kier molecular flexibility index (Phi) is 4.29. The lowest BCUT2D eigenvalue weighted by atomic mass is 10.4. The Morgan fingerprint density at radius 1 is 1.22 bits per heavy atom. The minimum atomic E-state index is -0.583. The van der Waals surface area contributed by atoms with E-state index >= 15 is 0 Å². The van der Waals surface area contributed by atoms with E-state index in [0.717, 1.165) is 0 Å². The van der Waals surface area contributed by atoms with E-state index in [2.05, 4.69) is 31.9 Å². The third-order valence-electron chi connectivity index (χ3n) is 1.21. The molecule has 0 bridgehead atoms. The normalized spacial score (nSPS) is 12.7. The molecule has 0 saturated heterocycles. The Bertz CT molecular complexity index is 81.0. The molecule has 0 aromatic heterocycles. The average Bonchev–Trinajstić information content (AvgIpc) is 1.86. The number of ether oxygens (including phenoxy) is 2. The maximum atomic E-state index is 5.03. The number of alkyl halides is 2. The summed E-state index contributed by atoms with van der Waals surface area (Å²) in [5.74, 6) is -0.583. The molecule has 0 saturated carbocycles. The molecule has 0 N–H and O–H groups in total. The van der Waals surface area contributed by atoms with Crippen molar-refractivity contribution in [2.24, 2.45) is 0 Å². The Morgan fingerprint density at radius 2 is 1.56 bits per heavy atom. The summed E-state index contributed by atoms with van der Waals surface area (Å²) in [6, 6.07) is 0. The van der Waals surface area contributed by atoms with E-state index in [-0.39, 0.29) is 3.74 Å². The molecule has 0 atom stereocenters. The lowest BCUT2D eigenvalue weighted by Gasteiger charge is -2.27. The molecular formula is C5H10Br2O2. The molecule has 9 heavy (non-hydrogen) atoms. The maximum Gasteiger partial charge on any atom is 0.187 e. The largest absolute Gasteiger partial charge is 0.352 e. The second-order valence-corrected chi connectivity index (χ2v) is 4.79. The molecule has 0 aliphatic rings. The van der Waals surface area contributed by atoms with Crippen LogP contribution in [0.5, 0.6) is 0 Å². The summed E-state index contributed by atoms with van der Waals surface area (Å²) in [6.07, 6.45) is 0. The lowest BCUT2D eigenvalue weighted by molar-refractivity contribution is -0.178. The zero-order chi connectivity index (χ0) is 7.49. The Balaban J connectivity index is 3.92. The summed E-state index contributed by atoms with van der Waals surface area (Å²) in [7, 11) is 3.19. The summed E-state index contributed by atoms with van der Waals surface area (Å²) < 4.78 is 10.1. The van der Waals surface area contributed by atoms with Gasteiger partial charge in [0, 0.05) is 14.2 Å². The fraction of sp³-hybridized carbons (Fsp3) is 1.00. The van der Waals surface area contributed by atoms with Crippen molar-refractivity contribution < 1.29 is 9.47 Å². The van der Waals surface area contributed by atoms with Gasteiger partial charge in [0.15, 0.2) is 5.79 Å². The highest BCUT2D eigenvalue weighted by Crippen LogP contribution is 2.26. The maximum absolute atomic E-state index is 5.03. The van der Waals surface area contributed by atoms with Crippen molar-refractivity contribution in [3.63, 3.8) is 0 Å². The van der Waals surface area contributed by atoms with Crippen LogP contribution in [0, 0.1) is 0 Å². The Labute approximate surface area is 72.2 Å². The quantitative estimate of drug-likeness (QED) is 0.572. The number of hydrogen-bond donors (Lipinski definition) is 0. The molecule has 0 heterocycles. The second-order valence-electron chi connectivity index (χ2n) is 1.72. The van der Waals surface area contributed by atoms with E-state index in [9.17, 15) is 0 Å². The van der Waals surface area contributed by atoms with Gasteiger partial charge < -0.3 is 9.47 Å². The van der Waals surface area contributed by atoms with E-state index < -0.39 is 5.79 Å². The van der Waals surface area contributed by atoms with Crippen LogP contribution in [-0.2, 0) is 9.47 Å². The van der Waals surface area contributed by atoms with Crippen molar-refractivity contribution in [2.75, 3.05) is 14.2 Å². The zero-order valence-electron chi connectivity index (χ0n) is 5.65. The first-order valence-electron chi connectivity index (χ1n) is 2.45. The first kappa shape index (κ1) is 9.88. The van der Waals surface area contributed by atoms with E-state index in [1.807, 2.05) is 6.92 Å². The van der Waals surface area contributed by atoms with Crippen LogP contribution in [0.2, 0.25) is 0 Å². The highest BCUT2D eigenvalue weighted by molar-refractivity contribution is 9.24. The Morgan fingerprint density at radius 3 is 1.56 bits per heavy atom. The molecule has 0 unspecified atom stereocenters. The van der Waals surface area contributed by atoms with Crippen LogP contribution in [-0.4, -0.2) is 23.7 Å². The molecule has 0 radical (unpaired) electrons. The highest BCUT2D eigenvalue weighted by Gasteiger charge is 2.29. The molecule has 0 aromatic rings. The van der Waals surface area contributed by atoms with Gasteiger partial charge in [0.05, 0.1) is 0 Å². The van der Waals surface area contributed by atoms with E-state index in [0.29, 0.717) is 0 Å². The molecule has 0 fully saturated rings. The molecule has 0 aliphatic heterocycles. The van der Waals surface area contributed by atoms with Gasteiger partial charge in [-0.25, -0.2) is 0 Å². The first-order chi connectivity index (χ1) is 4.06. The van der Waals surface area contributed by atoms with E-state index in [1.165, 1.54) is 0 Å². The van der Waals surface area contributed by atoms with Gasteiger partial charge in [-0.1, -0.05) is 31.9 Å². The van der Waals surface area contributed by atoms with Gasteiger partial charge in [-0.05, 0) is 6.92 Å². The number of rotatable bonds is 3. The van der Waals surface area contributed by atoms with Crippen LogP contribution < -0.4 is 0 Å². The fourth-order valence-corrected chi connectivity index (χ4v) is 1.01. The monoisotopic (exact) mass is 260 g/mol. The predicted molar refractivity (Wildman–Crippen MR) is 44.1 cm³/mol. The standard InChI is InChI=1S/C5H10Br2O2/c1-5(8-2,9-3)4(6)7/h4H,1-3H3. The van der Waals surface area contributed by atoms with Crippen LogP contribution in [0.1, 0.15) is 6.92 Å². The summed E-state index contributed by atoms with van der Waals surface area (Å²) in [5, 5.41) is 0. The molecule has 2 nitrogen and oxygen atoms in total. The third-order valence-corrected chi connectivity index (χ3v) is 2.87. The van der Waals surface area contributed by atoms with Gasteiger partial charge in [-0.3, -0.25) is 0 Å². The molecule has 56 valence electrons. The molecule has 0 spiro atoms. The van der Waals surface area contributed by atoms with Gasteiger partial charge in [0.25, 0.3) is 0 Å². The number of hydrogen-bond acceptors (Lipinski definition) is 2. The highest BCUT2D eigenvalue weighted by atomic mass is 79.9. The smallest absolute Gasteiger partial charge is 0.187 e. The van der Waals surface area contributed by atoms with Gasteiger partial charge in [0.1, 0.15) is 3.74 Å². The second kappa shape index (κ2) is 3.91. The van der Waals surface area contributed by atoms with Crippen LogP contribution >= 0.6 is 31.9 Å². The first-order valence-corrected chi connectivity index (χ1v) is 4.28. The third kappa shape index (κ3) is 2.53. The van der Waals surface area contributed by atoms with Gasteiger partial charge in [0.2, 0.25) is 0 Å². The van der Waals surface area contributed by atoms with E-state index in [1.54, 1.807) is 14.2 Å². The topological polar surface area (TPSA) is 18.5 Å². The van der Waals surface area contributed by atoms with Gasteiger partial charge >= 0.3 is 0 Å². The van der Waals surface area contributed by atoms with Gasteiger partial charge in [-0.15, -0.1) is 0 Å². The summed E-state index contributed by atoms with van der Waals surface area (Å²) in [6.45, 7) is 1.83. The fourth-order valence-electron chi connectivity index (χ4n) is 0.262. The molecular weight excluding hydrogens is 252 g/mol. The van der Waals surface area contributed by atoms with Crippen LogP contribution in [0.25, 0.3) is 0 Å². The average molecular weight is 262 g/mol. The SMILES string of the molecule is COC(C)(OC)C(Br)Br. The van der Waals surface area contributed by atoms with Crippen molar-refractivity contribution in [1.29, 1.82) is 0 Å². The molecule has 0 amide bonds. The number of halogens is 2. The minimum absolute atomic E-state index is 0.00694. The predicted octanol–water partition coefficient (Wildman–Crippen LogP) is 2.11. The van der Waals surface area contributed by atoms with Crippen molar-refractivity contribution >= 4 is 31.9 Å².